The lowest BCUT2D eigenvalue weighted by molar-refractivity contribution is -0.137. The fraction of sp³-hybridized carbons (Fsp3) is 0.611. The van der Waals surface area contributed by atoms with E-state index in [9.17, 15) is 4.79 Å². The summed E-state index contributed by atoms with van der Waals surface area (Å²) in [6.45, 7) is 7.42. The van der Waals surface area contributed by atoms with Crippen molar-refractivity contribution in [2.24, 2.45) is 5.92 Å². The number of aliphatic carboxylic acids is 1. The molecule has 0 fully saturated rings. The molecule has 0 aliphatic heterocycles. The van der Waals surface area contributed by atoms with Crippen LogP contribution in [0.2, 0.25) is 0 Å². The van der Waals surface area contributed by atoms with Crippen LogP contribution in [-0.4, -0.2) is 23.7 Å². The number of hydrogen-bond acceptors (Lipinski definition) is 2. The van der Waals surface area contributed by atoms with Gasteiger partial charge in [-0.25, -0.2) is 0 Å². The smallest absolute Gasteiger partial charge is 0.304 e. The minimum atomic E-state index is -0.736. The van der Waals surface area contributed by atoms with Gasteiger partial charge in [-0.15, -0.1) is 0 Å². The normalized spacial score (nSPS) is 12.6. The molecule has 0 radical (unpaired) electrons. The van der Waals surface area contributed by atoms with E-state index >= 15 is 0 Å². The summed E-state index contributed by atoms with van der Waals surface area (Å²) in [5.41, 5.74) is 2.56. The molecule has 118 valence electrons. The van der Waals surface area contributed by atoms with Gasteiger partial charge in [0.1, 0.15) is 0 Å². The van der Waals surface area contributed by atoms with Crippen molar-refractivity contribution in [2.45, 2.75) is 58.9 Å². The molecule has 0 heterocycles. The Hall–Kier alpha value is -1.35. The lowest BCUT2D eigenvalue weighted by atomic mass is 10.0. The number of rotatable bonds is 10. The Labute approximate surface area is 128 Å². The van der Waals surface area contributed by atoms with Gasteiger partial charge in [0.2, 0.25) is 0 Å². The van der Waals surface area contributed by atoms with Gasteiger partial charge in [-0.1, -0.05) is 51.5 Å². The van der Waals surface area contributed by atoms with Gasteiger partial charge in [0.15, 0.2) is 0 Å². The van der Waals surface area contributed by atoms with E-state index in [1.54, 1.807) is 0 Å². The highest BCUT2D eigenvalue weighted by atomic mass is 16.4. The third-order valence-electron chi connectivity index (χ3n) is 3.62. The van der Waals surface area contributed by atoms with Crippen molar-refractivity contribution in [2.75, 3.05) is 6.54 Å². The first-order valence-corrected chi connectivity index (χ1v) is 8.04. The zero-order valence-corrected chi connectivity index (χ0v) is 13.6. The van der Waals surface area contributed by atoms with Crippen LogP contribution in [0.15, 0.2) is 24.3 Å². The predicted molar refractivity (Wildman–Crippen MR) is 87.6 cm³/mol. The van der Waals surface area contributed by atoms with Gasteiger partial charge in [0, 0.05) is 6.04 Å². The van der Waals surface area contributed by atoms with E-state index < -0.39 is 5.97 Å². The summed E-state index contributed by atoms with van der Waals surface area (Å²) in [7, 11) is 0. The summed E-state index contributed by atoms with van der Waals surface area (Å²) in [5, 5.41) is 12.4. The maximum Gasteiger partial charge on any atom is 0.304 e. The Morgan fingerprint density at radius 3 is 2.33 bits per heavy atom. The highest BCUT2D eigenvalue weighted by Crippen LogP contribution is 2.11. The first-order valence-electron chi connectivity index (χ1n) is 8.04. The molecule has 0 aliphatic carbocycles. The number of carboxylic acids is 1. The van der Waals surface area contributed by atoms with Crippen molar-refractivity contribution >= 4 is 5.97 Å². The Bertz CT molecular complexity index is 412. The maximum absolute atomic E-state index is 11.0. The van der Waals surface area contributed by atoms with Crippen LogP contribution < -0.4 is 5.32 Å². The SMILES string of the molecule is CCCc1ccc(CC(CC(=O)O)NCCC(C)C)cc1. The van der Waals surface area contributed by atoms with Crippen molar-refractivity contribution in [3.63, 3.8) is 0 Å². The maximum atomic E-state index is 11.0. The van der Waals surface area contributed by atoms with Crippen LogP contribution in [0.3, 0.4) is 0 Å². The fourth-order valence-electron chi connectivity index (χ4n) is 2.42. The van der Waals surface area contributed by atoms with Crippen molar-refractivity contribution < 1.29 is 9.90 Å². The largest absolute Gasteiger partial charge is 0.481 e. The van der Waals surface area contributed by atoms with Crippen molar-refractivity contribution in [1.29, 1.82) is 0 Å². The summed E-state index contributed by atoms with van der Waals surface area (Å²) in [6, 6.07) is 8.59. The van der Waals surface area contributed by atoms with Gasteiger partial charge in [-0.05, 0) is 42.9 Å². The van der Waals surface area contributed by atoms with E-state index in [4.69, 9.17) is 5.11 Å². The van der Waals surface area contributed by atoms with Crippen LogP contribution in [0, 0.1) is 5.92 Å². The average molecular weight is 291 g/mol. The number of carboxylic acid groups (broad SMARTS) is 1. The molecule has 0 aromatic heterocycles. The molecule has 0 saturated carbocycles. The summed E-state index contributed by atoms with van der Waals surface area (Å²) >= 11 is 0. The van der Waals surface area contributed by atoms with Gasteiger partial charge in [-0.2, -0.15) is 0 Å². The van der Waals surface area contributed by atoms with Crippen LogP contribution in [0.1, 0.15) is 51.2 Å². The lowest BCUT2D eigenvalue weighted by Crippen LogP contribution is -2.34. The lowest BCUT2D eigenvalue weighted by Gasteiger charge is -2.18. The molecule has 0 spiro atoms. The minimum absolute atomic E-state index is 0.0123. The zero-order chi connectivity index (χ0) is 15.7. The van der Waals surface area contributed by atoms with Crippen LogP contribution in [-0.2, 0) is 17.6 Å². The number of carbonyl (C=O) groups is 1. The van der Waals surface area contributed by atoms with Crippen LogP contribution in [0.4, 0.5) is 0 Å². The molecule has 2 N–H and O–H groups in total. The predicted octanol–water partition coefficient (Wildman–Crippen LogP) is 3.66. The fourth-order valence-corrected chi connectivity index (χ4v) is 2.42. The molecule has 0 aliphatic rings. The standard InChI is InChI=1S/C18H29NO2/c1-4-5-15-6-8-16(9-7-15)12-17(13-18(20)21)19-11-10-14(2)3/h6-9,14,17,19H,4-5,10-13H2,1-3H3,(H,20,21). The average Bonchev–Trinajstić information content (AvgIpc) is 2.40. The number of hydrogen-bond donors (Lipinski definition) is 2. The highest BCUT2D eigenvalue weighted by Gasteiger charge is 2.13. The molecule has 1 rings (SSSR count). The molecule has 0 saturated heterocycles. The molecular formula is C18H29NO2. The zero-order valence-electron chi connectivity index (χ0n) is 13.6. The Morgan fingerprint density at radius 2 is 1.81 bits per heavy atom. The van der Waals surface area contributed by atoms with Gasteiger partial charge in [0.25, 0.3) is 0 Å². The van der Waals surface area contributed by atoms with E-state index in [0.717, 1.165) is 32.2 Å². The molecule has 3 nitrogen and oxygen atoms in total. The summed E-state index contributed by atoms with van der Waals surface area (Å²) in [6.07, 6.45) is 4.28. The van der Waals surface area contributed by atoms with E-state index in [-0.39, 0.29) is 12.5 Å². The molecule has 3 heteroatoms. The molecule has 1 aromatic rings. The minimum Gasteiger partial charge on any atom is -0.481 e. The van der Waals surface area contributed by atoms with Gasteiger partial charge in [-0.3, -0.25) is 4.79 Å². The molecule has 0 amide bonds. The second-order valence-electron chi connectivity index (χ2n) is 6.20. The van der Waals surface area contributed by atoms with Gasteiger partial charge >= 0.3 is 5.97 Å². The van der Waals surface area contributed by atoms with Gasteiger partial charge < -0.3 is 10.4 Å². The summed E-state index contributed by atoms with van der Waals surface area (Å²) in [5.74, 6) is -0.101. The van der Waals surface area contributed by atoms with Crippen LogP contribution in [0.5, 0.6) is 0 Å². The quantitative estimate of drug-likeness (QED) is 0.691. The monoisotopic (exact) mass is 291 g/mol. The molecule has 21 heavy (non-hydrogen) atoms. The molecule has 1 unspecified atom stereocenters. The first kappa shape index (κ1) is 17.7. The van der Waals surface area contributed by atoms with Crippen LogP contribution >= 0.6 is 0 Å². The van der Waals surface area contributed by atoms with Crippen molar-refractivity contribution in [3.05, 3.63) is 35.4 Å². The van der Waals surface area contributed by atoms with Gasteiger partial charge in [0.05, 0.1) is 6.42 Å². The summed E-state index contributed by atoms with van der Waals surface area (Å²) in [4.78, 5) is 11.0. The Kier molecular flexibility index (Phi) is 8.06. The third kappa shape index (κ3) is 7.86. The van der Waals surface area contributed by atoms with Crippen molar-refractivity contribution in [3.8, 4) is 0 Å². The first-order chi connectivity index (χ1) is 10.0. The van der Waals surface area contributed by atoms with Crippen LogP contribution in [0.25, 0.3) is 0 Å². The Balaban J connectivity index is 2.55. The number of nitrogens with one attached hydrogen (secondary N) is 1. The third-order valence-corrected chi connectivity index (χ3v) is 3.62. The number of aryl methyl sites for hydroxylation is 1. The summed E-state index contributed by atoms with van der Waals surface area (Å²) < 4.78 is 0. The molecule has 1 aromatic carbocycles. The van der Waals surface area contributed by atoms with E-state index in [2.05, 4.69) is 50.4 Å². The van der Waals surface area contributed by atoms with E-state index in [1.165, 1.54) is 11.1 Å². The van der Waals surface area contributed by atoms with Crippen molar-refractivity contribution in [1.82, 2.24) is 5.32 Å². The molecular weight excluding hydrogens is 262 g/mol. The Morgan fingerprint density at radius 1 is 1.19 bits per heavy atom. The van der Waals surface area contributed by atoms with E-state index in [0.29, 0.717) is 5.92 Å². The topological polar surface area (TPSA) is 49.3 Å². The van der Waals surface area contributed by atoms with E-state index in [1.807, 2.05) is 0 Å². The second kappa shape index (κ2) is 9.56. The highest BCUT2D eigenvalue weighted by molar-refractivity contribution is 5.67. The molecule has 0 bridgehead atoms. The second-order valence-corrected chi connectivity index (χ2v) is 6.20. The molecule has 1 atom stereocenters. The number of benzene rings is 1.